The summed E-state index contributed by atoms with van der Waals surface area (Å²) in [5.74, 6) is -1.38. The van der Waals surface area contributed by atoms with Crippen molar-refractivity contribution in [3.63, 3.8) is 0 Å². The van der Waals surface area contributed by atoms with Crippen LogP contribution in [0, 0.1) is 16.6 Å². The molecule has 2 unspecified atom stereocenters. The number of hydrogen-bond donors (Lipinski definition) is 3. The molecule has 0 saturated heterocycles. The Balaban J connectivity index is 2.36. The molecule has 0 radical (unpaired) electrons. The predicted molar refractivity (Wildman–Crippen MR) is 108 cm³/mol. The number of aliphatic hydroxyl groups excluding tert-OH is 2. The summed E-state index contributed by atoms with van der Waals surface area (Å²) in [6.07, 6.45) is 2.82. The summed E-state index contributed by atoms with van der Waals surface area (Å²) in [5.41, 5.74) is 3.09. The molecule has 1 aliphatic rings. The Bertz CT molecular complexity index is 759. The topological polar surface area (TPSA) is 77.8 Å². The normalized spacial score (nSPS) is 21.0. The summed E-state index contributed by atoms with van der Waals surface area (Å²) in [6, 6.07) is 6.47. The van der Waals surface area contributed by atoms with Crippen molar-refractivity contribution in [1.82, 2.24) is 0 Å². The van der Waals surface area contributed by atoms with Gasteiger partial charge in [0.2, 0.25) is 0 Å². The largest absolute Gasteiger partial charge is 0.481 e. The number of benzene rings is 1. The summed E-state index contributed by atoms with van der Waals surface area (Å²) < 4.78 is 13.4. The van der Waals surface area contributed by atoms with Gasteiger partial charge in [0.05, 0.1) is 18.6 Å². The van der Waals surface area contributed by atoms with Crippen LogP contribution in [-0.4, -0.2) is 33.5 Å². The maximum Gasteiger partial charge on any atom is 0.305 e. The van der Waals surface area contributed by atoms with Gasteiger partial charge in [-0.25, -0.2) is 4.39 Å². The zero-order valence-electron chi connectivity index (χ0n) is 17.1. The molecule has 0 amide bonds. The van der Waals surface area contributed by atoms with E-state index in [9.17, 15) is 19.4 Å². The van der Waals surface area contributed by atoms with Crippen molar-refractivity contribution in [2.24, 2.45) is 10.8 Å². The Labute approximate surface area is 166 Å². The molecule has 3 N–H and O–H groups in total. The Morgan fingerprint density at radius 2 is 1.79 bits per heavy atom. The molecule has 2 atom stereocenters. The number of carboxylic acids is 1. The second-order valence-electron chi connectivity index (χ2n) is 9.21. The third-order valence-corrected chi connectivity index (χ3v) is 5.23. The third-order valence-electron chi connectivity index (χ3n) is 5.23. The molecule has 1 aliphatic carbocycles. The Morgan fingerprint density at radius 1 is 1.18 bits per heavy atom. The van der Waals surface area contributed by atoms with Crippen molar-refractivity contribution >= 4 is 11.5 Å². The van der Waals surface area contributed by atoms with Gasteiger partial charge in [0.25, 0.3) is 0 Å². The minimum Gasteiger partial charge on any atom is -0.481 e. The molecule has 0 saturated carbocycles. The van der Waals surface area contributed by atoms with Gasteiger partial charge in [0, 0.05) is 6.42 Å². The lowest BCUT2D eigenvalue weighted by Gasteiger charge is -2.43. The summed E-state index contributed by atoms with van der Waals surface area (Å²) in [5, 5.41) is 28.7. The number of aliphatic carboxylic acids is 1. The summed E-state index contributed by atoms with van der Waals surface area (Å²) in [6.45, 7) is 8.75. The maximum atomic E-state index is 13.4. The van der Waals surface area contributed by atoms with Crippen LogP contribution in [0.1, 0.15) is 58.9 Å². The lowest BCUT2D eigenvalue weighted by molar-refractivity contribution is -0.139. The van der Waals surface area contributed by atoms with Gasteiger partial charge in [-0.3, -0.25) is 4.79 Å². The van der Waals surface area contributed by atoms with Crippen LogP contribution in [0.3, 0.4) is 0 Å². The number of aliphatic hydroxyl groups is 2. The van der Waals surface area contributed by atoms with E-state index in [0.29, 0.717) is 0 Å². The van der Waals surface area contributed by atoms with Crippen LogP contribution in [0.15, 0.2) is 42.0 Å². The fourth-order valence-corrected chi connectivity index (χ4v) is 4.42. The molecule has 4 nitrogen and oxygen atoms in total. The summed E-state index contributed by atoms with van der Waals surface area (Å²) >= 11 is 0. The first kappa shape index (κ1) is 22.3. The van der Waals surface area contributed by atoms with Gasteiger partial charge in [0.1, 0.15) is 5.82 Å². The Morgan fingerprint density at radius 3 is 2.36 bits per heavy atom. The zero-order chi connectivity index (χ0) is 21.1. The van der Waals surface area contributed by atoms with Crippen LogP contribution in [0.4, 0.5) is 4.39 Å². The molecule has 28 heavy (non-hydrogen) atoms. The van der Waals surface area contributed by atoms with E-state index in [0.717, 1.165) is 29.6 Å². The lowest BCUT2D eigenvalue weighted by atomic mass is 9.61. The van der Waals surface area contributed by atoms with Crippen molar-refractivity contribution in [3.8, 4) is 0 Å². The molecule has 0 spiro atoms. The van der Waals surface area contributed by atoms with Gasteiger partial charge in [-0.05, 0) is 52.5 Å². The molecule has 0 fully saturated rings. The average Bonchev–Trinajstić information content (AvgIpc) is 2.51. The highest BCUT2D eigenvalue weighted by Crippen LogP contribution is 2.52. The zero-order valence-corrected chi connectivity index (χ0v) is 17.1. The highest BCUT2D eigenvalue weighted by Gasteiger charge is 2.38. The number of carbonyl (C=O) groups is 1. The Kier molecular flexibility index (Phi) is 6.84. The molecule has 2 rings (SSSR count). The van der Waals surface area contributed by atoms with E-state index in [1.165, 1.54) is 12.1 Å². The van der Waals surface area contributed by atoms with E-state index in [1.54, 1.807) is 18.2 Å². The fraction of sp³-hybridized carbons (Fsp3) is 0.522. The van der Waals surface area contributed by atoms with Crippen LogP contribution in [0.2, 0.25) is 0 Å². The van der Waals surface area contributed by atoms with Crippen molar-refractivity contribution in [3.05, 3.63) is 53.4 Å². The van der Waals surface area contributed by atoms with Gasteiger partial charge < -0.3 is 15.3 Å². The highest BCUT2D eigenvalue weighted by atomic mass is 19.1. The first-order valence-corrected chi connectivity index (χ1v) is 9.65. The Hall–Kier alpha value is -1.98. The number of allylic oxidation sites excluding steroid dienone is 3. The molecular formula is C23H31FO4. The molecule has 0 bridgehead atoms. The number of hydrogen-bond acceptors (Lipinski definition) is 3. The SMILES string of the molecule is CC1(C)CC(c2ccc(F)cc2)=C(/C=C/C(O)CC(O)CC(=O)O)C(C)(C)C1. The van der Waals surface area contributed by atoms with Crippen molar-refractivity contribution in [2.75, 3.05) is 0 Å². The highest BCUT2D eigenvalue weighted by molar-refractivity contribution is 5.73. The van der Waals surface area contributed by atoms with Gasteiger partial charge in [-0.2, -0.15) is 0 Å². The van der Waals surface area contributed by atoms with E-state index in [1.807, 2.05) is 6.08 Å². The minimum absolute atomic E-state index is 0.0338. The van der Waals surface area contributed by atoms with Crippen LogP contribution >= 0.6 is 0 Å². The second-order valence-corrected chi connectivity index (χ2v) is 9.21. The summed E-state index contributed by atoms with van der Waals surface area (Å²) in [4.78, 5) is 10.7. The first-order valence-electron chi connectivity index (χ1n) is 9.65. The maximum absolute atomic E-state index is 13.4. The average molecular weight is 390 g/mol. The third kappa shape index (κ3) is 6.01. The van der Waals surface area contributed by atoms with E-state index in [2.05, 4.69) is 27.7 Å². The monoisotopic (exact) mass is 390 g/mol. The lowest BCUT2D eigenvalue weighted by Crippen LogP contribution is -2.30. The molecule has 1 aromatic carbocycles. The molecule has 5 heteroatoms. The smallest absolute Gasteiger partial charge is 0.305 e. The van der Waals surface area contributed by atoms with Crippen molar-refractivity contribution in [1.29, 1.82) is 0 Å². The van der Waals surface area contributed by atoms with Crippen LogP contribution in [0.5, 0.6) is 0 Å². The second kappa shape index (κ2) is 8.58. The van der Waals surface area contributed by atoms with E-state index >= 15 is 0 Å². The fourth-order valence-electron chi connectivity index (χ4n) is 4.42. The van der Waals surface area contributed by atoms with E-state index in [4.69, 9.17) is 5.11 Å². The molecular weight excluding hydrogens is 359 g/mol. The van der Waals surface area contributed by atoms with Crippen LogP contribution in [-0.2, 0) is 4.79 Å². The number of rotatable bonds is 7. The molecule has 1 aromatic rings. The number of halogens is 1. The molecule has 154 valence electrons. The minimum atomic E-state index is -1.10. The van der Waals surface area contributed by atoms with Crippen molar-refractivity contribution < 1.29 is 24.5 Å². The predicted octanol–water partition coefficient (Wildman–Crippen LogP) is 4.57. The van der Waals surface area contributed by atoms with Crippen LogP contribution < -0.4 is 0 Å². The molecule has 0 aromatic heterocycles. The van der Waals surface area contributed by atoms with Crippen LogP contribution in [0.25, 0.3) is 5.57 Å². The summed E-state index contributed by atoms with van der Waals surface area (Å²) in [7, 11) is 0. The molecule has 0 heterocycles. The van der Waals surface area contributed by atoms with Gasteiger partial charge >= 0.3 is 5.97 Å². The van der Waals surface area contributed by atoms with Gasteiger partial charge in [-0.15, -0.1) is 0 Å². The standard InChI is InChI=1S/C23H31FO4/c1-22(2)13-19(15-5-7-16(24)8-6-15)20(23(3,4)14-22)10-9-17(25)11-18(26)12-21(27)28/h5-10,17-18,25-26H,11-14H2,1-4H3,(H,27,28)/b10-9+. The number of carboxylic acid groups (broad SMARTS) is 1. The van der Waals surface area contributed by atoms with Gasteiger partial charge in [0.15, 0.2) is 0 Å². The first-order chi connectivity index (χ1) is 12.9. The molecule has 0 aliphatic heterocycles. The quantitative estimate of drug-likeness (QED) is 0.637. The van der Waals surface area contributed by atoms with E-state index < -0.39 is 24.6 Å². The van der Waals surface area contributed by atoms with Crippen molar-refractivity contribution in [2.45, 2.75) is 65.6 Å². The van der Waals surface area contributed by atoms with E-state index in [-0.39, 0.29) is 23.1 Å². The van der Waals surface area contributed by atoms with Gasteiger partial charge in [-0.1, -0.05) is 52.0 Å².